The van der Waals surface area contributed by atoms with Crippen LogP contribution in [0.1, 0.15) is 6.42 Å². The molecule has 2 fully saturated rings. The number of morpholine rings is 1. The van der Waals surface area contributed by atoms with Gasteiger partial charge in [0.15, 0.2) is 15.4 Å². The van der Waals surface area contributed by atoms with Crippen molar-refractivity contribution in [1.29, 1.82) is 0 Å². The Bertz CT molecular complexity index is 1190. The fourth-order valence-corrected chi connectivity index (χ4v) is 7.52. The summed E-state index contributed by atoms with van der Waals surface area (Å²) in [6, 6.07) is 4.18. The number of hydrogen-bond donors (Lipinski definition) is 0. The normalized spacial score (nSPS) is 22.0. The number of fused-ring (bicyclic) bond motifs is 1. The van der Waals surface area contributed by atoms with Crippen LogP contribution < -0.4 is 0 Å². The first-order valence-corrected chi connectivity index (χ1v) is 14.0. The van der Waals surface area contributed by atoms with Crippen LogP contribution in [0, 0.1) is 0 Å². The van der Waals surface area contributed by atoms with Crippen molar-refractivity contribution >= 4 is 48.6 Å². The maximum Gasteiger partial charge on any atom is 0.257 e. The summed E-state index contributed by atoms with van der Waals surface area (Å²) in [5.74, 6) is -0.0874. The van der Waals surface area contributed by atoms with Gasteiger partial charge in [-0.05, 0) is 24.6 Å². The largest absolute Gasteiger partial charge is 0.431 e. The van der Waals surface area contributed by atoms with Gasteiger partial charge in [0.25, 0.3) is 5.22 Å². The minimum atomic E-state index is -3.65. The standard InChI is InChI=1S/C18H23N3O7S3/c1-20(13-4-9-30(23,24)12-13)17(22)11-29-18-19-15-10-14(2-3-16(15)28-18)31(25,26)21-5-7-27-8-6-21/h2-3,10,13H,4-9,11-12H2,1H3/t13-/m0/s1. The Morgan fingerprint density at radius 1 is 1.32 bits per heavy atom. The summed E-state index contributed by atoms with van der Waals surface area (Å²) in [5, 5.41) is 0.247. The molecule has 4 rings (SSSR count). The zero-order valence-corrected chi connectivity index (χ0v) is 19.3. The highest BCUT2D eigenvalue weighted by atomic mass is 32.2. The van der Waals surface area contributed by atoms with Crippen molar-refractivity contribution in [2.75, 3.05) is 50.6 Å². The number of rotatable bonds is 6. The Balaban J connectivity index is 1.43. The molecule has 31 heavy (non-hydrogen) atoms. The van der Waals surface area contributed by atoms with Crippen molar-refractivity contribution in [1.82, 2.24) is 14.2 Å². The topological polar surface area (TPSA) is 127 Å². The van der Waals surface area contributed by atoms with Crippen molar-refractivity contribution in [3.05, 3.63) is 18.2 Å². The third-order valence-corrected chi connectivity index (χ3v) is 9.87. The van der Waals surface area contributed by atoms with E-state index in [1.165, 1.54) is 21.3 Å². The molecule has 1 amide bonds. The summed E-state index contributed by atoms with van der Waals surface area (Å²) in [6.45, 7) is 1.33. The minimum Gasteiger partial charge on any atom is -0.431 e. The molecule has 0 radical (unpaired) electrons. The molecule has 0 unspecified atom stereocenters. The van der Waals surface area contributed by atoms with E-state index in [0.717, 1.165) is 11.8 Å². The van der Waals surface area contributed by atoms with Crippen LogP contribution in [0.4, 0.5) is 0 Å². The third-order valence-electron chi connectivity index (χ3n) is 5.42. The van der Waals surface area contributed by atoms with E-state index in [0.29, 0.717) is 43.8 Å². The third kappa shape index (κ3) is 4.90. The van der Waals surface area contributed by atoms with E-state index < -0.39 is 19.9 Å². The number of amides is 1. The summed E-state index contributed by atoms with van der Waals surface area (Å²) in [6.07, 6.45) is 0.443. The van der Waals surface area contributed by atoms with E-state index >= 15 is 0 Å². The molecule has 0 aliphatic carbocycles. The second-order valence-electron chi connectivity index (χ2n) is 7.48. The molecule has 0 bridgehead atoms. The van der Waals surface area contributed by atoms with Gasteiger partial charge in [-0.25, -0.2) is 21.8 Å². The summed E-state index contributed by atoms with van der Waals surface area (Å²) < 4.78 is 61.1. The van der Waals surface area contributed by atoms with E-state index in [1.807, 2.05) is 0 Å². The SMILES string of the molecule is CN(C(=O)CSc1nc2cc(S(=O)(=O)N3CCOCC3)ccc2o1)[C@H]1CCS(=O)(=O)C1. The van der Waals surface area contributed by atoms with Gasteiger partial charge in [0, 0.05) is 26.2 Å². The van der Waals surface area contributed by atoms with Crippen LogP contribution in [0.5, 0.6) is 0 Å². The number of nitrogens with zero attached hydrogens (tertiary/aromatic N) is 3. The smallest absolute Gasteiger partial charge is 0.257 e. The van der Waals surface area contributed by atoms with Crippen LogP contribution in [-0.4, -0.2) is 93.6 Å². The summed E-state index contributed by atoms with van der Waals surface area (Å²) in [4.78, 5) is 18.3. The first kappa shape index (κ1) is 22.5. The average Bonchev–Trinajstić information content (AvgIpc) is 3.33. The molecule has 2 saturated heterocycles. The summed E-state index contributed by atoms with van der Waals surface area (Å²) >= 11 is 1.09. The van der Waals surface area contributed by atoms with Crippen molar-refractivity contribution in [3.63, 3.8) is 0 Å². The van der Waals surface area contributed by atoms with Crippen molar-refractivity contribution in [2.45, 2.75) is 22.6 Å². The molecule has 10 nitrogen and oxygen atoms in total. The molecule has 13 heteroatoms. The predicted molar refractivity (Wildman–Crippen MR) is 114 cm³/mol. The Labute approximate surface area is 184 Å². The molecule has 1 aromatic carbocycles. The van der Waals surface area contributed by atoms with E-state index in [9.17, 15) is 21.6 Å². The van der Waals surface area contributed by atoms with Gasteiger partial charge in [-0.1, -0.05) is 11.8 Å². The number of carbonyl (C=O) groups is 1. The molecular weight excluding hydrogens is 466 g/mol. The lowest BCUT2D eigenvalue weighted by Gasteiger charge is -2.25. The van der Waals surface area contributed by atoms with Crippen LogP contribution >= 0.6 is 11.8 Å². The van der Waals surface area contributed by atoms with E-state index in [1.54, 1.807) is 13.1 Å². The van der Waals surface area contributed by atoms with Gasteiger partial charge >= 0.3 is 0 Å². The lowest BCUT2D eigenvalue weighted by molar-refractivity contribution is -0.128. The second-order valence-corrected chi connectivity index (χ2v) is 12.6. The van der Waals surface area contributed by atoms with Gasteiger partial charge in [0.2, 0.25) is 15.9 Å². The van der Waals surface area contributed by atoms with Crippen LogP contribution in [0.2, 0.25) is 0 Å². The summed E-state index contributed by atoms with van der Waals surface area (Å²) in [5.41, 5.74) is 0.811. The molecular formula is C18H23N3O7S3. The van der Waals surface area contributed by atoms with Crippen LogP contribution in [0.15, 0.2) is 32.7 Å². The Morgan fingerprint density at radius 3 is 2.74 bits per heavy atom. The maximum absolute atomic E-state index is 12.8. The number of sulfonamides is 1. The number of carbonyl (C=O) groups excluding carboxylic acids is 1. The highest BCUT2D eigenvalue weighted by Crippen LogP contribution is 2.27. The van der Waals surface area contributed by atoms with E-state index in [2.05, 4.69) is 4.98 Å². The highest BCUT2D eigenvalue weighted by Gasteiger charge is 2.33. The molecule has 0 N–H and O–H groups in total. The molecule has 0 spiro atoms. The molecule has 3 heterocycles. The molecule has 1 atom stereocenters. The molecule has 170 valence electrons. The van der Waals surface area contributed by atoms with Crippen molar-refractivity contribution < 1.29 is 30.8 Å². The highest BCUT2D eigenvalue weighted by molar-refractivity contribution is 7.99. The van der Waals surface area contributed by atoms with Gasteiger partial charge < -0.3 is 14.1 Å². The number of ether oxygens (including phenoxy) is 1. The second kappa shape index (κ2) is 8.70. The monoisotopic (exact) mass is 489 g/mol. The molecule has 1 aromatic heterocycles. The van der Waals surface area contributed by atoms with Gasteiger partial charge in [0.1, 0.15) is 5.52 Å². The van der Waals surface area contributed by atoms with Gasteiger partial charge in [0.05, 0.1) is 35.4 Å². The molecule has 2 aliphatic rings. The quantitative estimate of drug-likeness (QED) is 0.536. The lowest BCUT2D eigenvalue weighted by atomic mass is 10.2. The van der Waals surface area contributed by atoms with Crippen molar-refractivity contribution in [3.8, 4) is 0 Å². The number of sulfone groups is 1. The Morgan fingerprint density at radius 2 is 2.06 bits per heavy atom. The fourth-order valence-electron chi connectivity index (χ4n) is 3.55. The Hall–Kier alpha value is -1.67. The molecule has 0 saturated carbocycles. The van der Waals surface area contributed by atoms with Crippen molar-refractivity contribution in [2.24, 2.45) is 0 Å². The van der Waals surface area contributed by atoms with E-state index in [-0.39, 0.29) is 39.3 Å². The lowest BCUT2D eigenvalue weighted by Crippen LogP contribution is -2.40. The number of hydrogen-bond acceptors (Lipinski definition) is 9. The predicted octanol–water partition coefficient (Wildman–Crippen LogP) is 0.586. The van der Waals surface area contributed by atoms with E-state index in [4.69, 9.17) is 9.15 Å². The minimum absolute atomic E-state index is 0.0107. The molecule has 2 aromatic rings. The maximum atomic E-state index is 12.8. The van der Waals surface area contributed by atoms with Crippen LogP contribution in [0.25, 0.3) is 11.1 Å². The van der Waals surface area contributed by atoms with Gasteiger partial charge in [-0.3, -0.25) is 4.79 Å². The van der Waals surface area contributed by atoms with Gasteiger partial charge in [-0.2, -0.15) is 4.31 Å². The van der Waals surface area contributed by atoms with Crippen LogP contribution in [-0.2, 0) is 29.4 Å². The average molecular weight is 490 g/mol. The fraction of sp³-hybridized carbons (Fsp3) is 0.556. The van der Waals surface area contributed by atoms with Crippen LogP contribution in [0.3, 0.4) is 0 Å². The zero-order chi connectivity index (χ0) is 22.2. The number of thioether (sulfide) groups is 1. The van der Waals surface area contributed by atoms with Gasteiger partial charge in [-0.15, -0.1) is 0 Å². The zero-order valence-electron chi connectivity index (χ0n) is 16.9. The molecule has 2 aliphatic heterocycles. The first-order valence-electron chi connectivity index (χ1n) is 9.73. The number of oxazole rings is 1. The summed E-state index contributed by atoms with van der Waals surface area (Å²) in [7, 11) is -5.12. The number of benzene rings is 1. The first-order chi connectivity index (χ1) is 14.7. The Kier molecular flexibility index (Phi) is 6.32. The number of aromatic nitrogens is 1.